The van der Waals surface area contributed by atoms with Gasteiger partial charge in [-0.2, -0.15) is 0 Å². The van der Waals surface area contributed by atoms with Gasteiger partial charge in [-0.25, -0.2) is 0 Å². The van der Waals surface area contributed by atoms with Gasteiger partial charge in [-0.3, -0.25) is 4.79 Å². The summed E-state index contributed by atoms with van der Waals surface area (Å²) in [6, 6.07) is 5.95. The standard InChI is InChI=1S/C15H24N2O3.ClH/c1-12-4-5-13(2)14(10-12)20-11-15(18)17-7-6-16-8-9-19-3;/h4-5,10,16H,6-9,11H2,1-3H3,(H,17,18);1H. The molecule has 5 nitrogen and oxygen atoms in total. The van der Waals surface area contributed by atoms with Crippen LogP contribution in [0.5, 0.6) is 5.75 Å². The average molecular weight is 317 g/mol. The van der Waals surface area contributed by atoms with Crippen molar-refractivity contribution in [1.29, 1.82) is 0 Å². The van der Waals surface area contributed by atoms with Crippen molar-refractivity contribution < 1.29 is 14.3 Å². The number of rotatable bonds is 9. The fraction of sp³-hybridized carbons (Fsp3) is 0.533. The quantitative estimate of drug-likeness (QED) is 0.677. The Labute approximate surface area is 132 Å². The first kappa shape index (κ1) is 19.7. The van der Waals surface area contributed by atoms with Crippen molar-refractivity contribution in [2.24, 2.45) is 0 Å². The number of amides is 1. The van der Waals surface area contributed by atoms with Gasteiger partial charge in [0.15, 0.2) is 6.61 Å². The van der Waals surface area contributed by atoms with Crippen LogP contribution in [0.25, 0.3) is 0 Å². The number of nitrogens with one attached hydrogen (secondary N) is 2. The lowest BCUT2D eigenvalue weighted by Crippen LogP contribution is -2.35. The number of ether oxygens (including phenoxy) is 2. The van der Waals surface area contributed by atoms with Gasteiger partial charge >= 0.3 is 0 Å². The Hall–Kier alpha value is -1.30. The first-order chi connectivity index (χ1) is 9.63. The molecule has 0 fully saturated rings. The lowest BCUT2D eigenvalue weighted by molar-refractivity contribution is -0.123. The molecular weight excluding hydrogens is 292 g/mol. The number of hydrogen-bond donors (Lipinski definition) is 2. The third-order valence-corrected chi connectivity index (χ3v) is 2.81. The number of carbonyl (C=O) groups excluding carboxylic acids is 1. The van der Waals surface area contributed by atoms with Crippen LogP contribution in [0.3, 0.4) is 0 Å². The summed E-state index contributed by atoms with van der Waals surface area (Å²) >= 11 is 0. The summed E-state index contributed by atoms with van der Waals surface area (Å²) < 4.78 is 10.4. The number of carbonyl (C=O) groups is 1. The van der Waals surface area contributed by atoms with Crippen LogP contribution in [0, 0.1) is 13.8 Å². The lowest BCUT2D eigenvalue weighted by atomic mass is 10.1. The number of halogens is 1. The zero-order valence-electron chi connectivity index (χ0n) is 12.9. The highest BCUT2D eigenvalue weighted by Crippen LogP contribution is 2.18. The van der Waals surface area contributed by atoms with E-state index in [1.807, 2.05) is 32.0 Å². The molecule has 0 saturated heterocycles. The molecule has 120 valence electrons. The molecule has 0 aromatic heterocycles. The van der Waals surface area contributed by atoms with Gasteiger partial charge in [0.2, 0.25) is 0 Å². The predicted octanol–water partition coefficient (Wildman–Crippen LogP) is 1.46. The van der Waals surface area contributed by atoms with E-state index in [0.29, 0.717) is 13.2 Å². The van der Waals surface area contributed by atoms with E-state index in [2.05, 4.69) is 10.6 Å². The van der Waals surface area contributed by atoms with Gasteiger partial charge in [0.05, 0.1) is 6.61 Å². The minimum Gasteiger partial charge on any atom is -0.483 e. The fourth-order valence-electron chi connectivity index (χ4n) is 1.65. The summed E-state index contributed by atoms with van der Waals surface area (Å²) in [5.41, 5.74) is 2.15. The number of aryl methyl sites for hydroxylation is 2. The third-order valence-electron chi connectivity index (χ3n) is 2.81. The molecule has 0 atom stereocenters. The van der Waals surface area contributed by atoms with E-state index >= 15 is 0 Å². The van der Waals surface area contributed by atoms with Crippen molar-refractivity contribution >= 4 is 18.3 Å². The summed E-state index contributed by atoms with van der Waals surface area (Å²) in [6.45, 7) is 6.76. The molecule has 1 aromatic carbocycles. The van der Waals surface area contributed by atoms with Crippen molar-refractivity contribution in [1.82, 2.24) is 10.6 Å². The zero-order chi connectivity index (χ0) is 14.8. The highest BCUT2D eigenvalue weighted by atomic mass is 35.5. The van der Waals surface area contributed by atoms with Gasteiger partial charge in [-0.1, -0.05) is 12.1 Å². The van der Waals surface area contributed by atoms with Crippen LogP contribution in [0.1, 0.15) is 11.1 Å². The largest absolute Gasteiger partial charge is 0.483 e. The van der Waals surface area contributed by atoms with E-state index in [-0.39, 0.29) is 24.9 Å². The van der Waals surface area contributed by atoms with Crippen molar-refractivity contribution in [2.45, 2.75) is 13.8 Å². The smallest absolute Gasteiger partial charge is 0.257 e. The van der Waals surface area contributed by atoms with E-state index in [1.54, 1.807) is 7.11 Å². The number of hydrogen-bond acceptors (Lipinski definition) is 4. The Balaban J connectivity index is 0.00000400. The predicted molar refractivity (Wildman–Crippen MR) is 86.4 cm³/mol. The highest BCUT2D eigenvalue weighted by Gasteiger charge is 2.04. The van der Waals surface area contributed by atoms with Gasteiger partial charge in [-0.05, 0) is 31.0 Å². The van der Waals surface area contributed by atoms with Gasteiger partial charge in [0.25, 0.3) is 5.91 Å². The Morgan fingerprint density at radius 3 is 2.67 bits per heavy atom. The van der Waals surface area contributed by atoms with Gasteiger partial charge in [0.1, 0.15) is 5.75 Å². The molecule has 6 heteroatoms. The molecule has 2 N–H and O–H groups in total. The van der Waals surface area contributed by atoms with E-state index in [4.69, 9.17) is 9.47 Å². The molecule has 0 saturated carbocycles. The van der Waals surface area contributed by atoms with Crippen molar-refractivity contribution in [3.63, 3.8) is 0 Å². The van der Waals surface area contributed by atoms with Crippen LogP contribution in [0.2, 0.25) is 0 Å². The van der Waals surface area contributed by atoms with Crippen LogP contribution in [-0.4, -0.2) is 45.9 Å². The Morgan fingerprint density at radius 2 is 1.95 bits per heavy atom. The fourth-order valence-corrected chi connectivity index (χ4v) is 1.65. The van der Waals surface area contributed by atoms with Crippen molar-refractivity contribution in [2.75, 3.05) is 40.0 Å². The van der Waals surface area contributed by atoms with E-state index in [0.717, 1.165) is 30.0 Å². The zero-order valence-corrected chi connectivity index (χ0v) is 13.7. The van der Waals surface area contributed by atoms with E-state index < -0.39 is 0 Å². The van der Waals surface area contributed by atoms with E-state index in [1.165, 1.54) is 0 Å². The molecule has 0 aliphatic carbocycles. The molecule has 1 amide bonds. The molecule has 0 unspecified atom stereocenters. The van der Waals surface area contributed by atoms with Crippen molar-refractivity contribution in [3.8, 4) is 5.75 Å². The summed E-state index contributed by atoms with van der Waals surface area (Å²) in [6.07, 6.45) is 0. The number of methoxy groups -OCH3 is 1. The Bertz CT molecular complexity index is 427. The van der Waals surface area contributed by atoms with Crippen LogP contribution >= 0.6 is 12.4 Å². The lowest BCUT2D eigenvalue weighted by Gasteiger charge is -2.10. The maximum absolute atomic E-state index is 11.6. The highest BCUT2D eigenvalue weighted by molar-refractivity contribution is 5.85. The summed E-state index contributed by atoms with van der Waals surface area (Å²) in [7, 11) is 1.66. The molecule has 1 aromatic rings. The van der Waals surface area contributed by atoms with Crippen LogP contribution in [0.4, 0.5) is 0 Å². The maximum atomic E-state index is 11.6. The second kappa shape index (κ2) is 11.4. The molecule has 0 aliphatic heterocycles. The molecule has 0 bridgehead atoms. The monoisotopic (exact) mass is 316 g/mol. The Morgan fingerprint density at radius 1 is 1.19 bits per heavy atom. The first-order valence-corrected chi connectivity index (χ1v) is 6.80. The van der Waals surface area contributed by atoms with Crippen LogP contribution < -0.4 is 15.4 Å². The molecule has 0 heterocycles. The second-order valence-electron chi connectivity index (χ2n) is 4.65. The van der Waals surface area contributed by atoms with Crippen LogP contribution in [0.15, 0.2) is 18.2 Å². The van der Waals surface area contributed by atoms with Gasteiger partial charge < -0.3 is 20.1 Å². The Kier molecular flexibility index (Phi) is 10.7. The van der Waals surface area contributed by atoms with Crippen molar-refractivity contribution in [3.05, 3.63) is 29.3 Å². The minimum atomic E-state index is -0.112. The normalized spacial score (nSPS) is 9.86. The maximum Gasteiger partial charge on any atom is 0.257 e. The second-order valence-corrected chi connectivity index (χ2v) is 4.65. The summed E-state index contributed by atoms with van der Waals surface area (Å²) in [5.74, 6) is 0.651. The molecule has 21 heavy (non-hydrogen) atoms. The topological polar surface area (TPSA) is 59.6 Å². The third kappa shape index (κ3) is 8.55. The van der Waals surface area contributed by atoms with Gasteiger partial charge in [0, 0.05) is 26.7 Å². The average Bonchev–Trinajstić information content (AvgIpc) is 2.43. The first-order valence-electron chi connectivity index (χ1n) is 6.80. The minimum absolute atomic E-state index is 0. The van der Waals surface area contributed by atoms with E-state index in [9.17, 15) is 4.79 Å². The van der Waals surface area contributed by atoms with Crippen LogP contribution in [-0.2, 0) is 9.53 Å². The molecule has 0 aliphatic rings. The molecule has 0 radical (unpaired) electrons. The molecule has 0 spiro atoms. The SMILES string of the molecule is COCCNCCNC(=O)COc1cc(C)ccc1C.Cl. The molecular formula is C15H25ClN2O3. The summed E-state index contributed by atoms with van der Waals surface area (Å²) in [4.78, 5) is 11.6. The summed E-state index contributed by atoms with van der Waals surface area (Å²) in [5, 5.41) is 5.95. The molecule has 1 rings (SSSR count). The number of benzene rings is 1. The van der Waals surface area contributed by atoms with Gasteiger partial charge in [-0.15, -0.1) is 12.4 Å².